The second kappa shape index (κ2) is 11.9. The molecule has 3 aromatic carbocycles. The molecule has 0 heterocycles. The summed E-state index contributed by atoms with van der Waals surface area (Å²) in [5.41, 5.74) is 2.91. The molecule has 0 saturated carbocycles. The molecule has 0 atom stereocenters. The summed E-state index contributed by atoms with van der Waals surface area (Å²) in [7, 11) is 0. The van der Waals surface area contributed by atoms with Gasteiger partial charge in [0.05, 0.1) is 0 Å². The van der Waals surface area contributed by atoms with Crippen molar-refractivity contribution < 1.29 is 0 Å². The fourth-order valence-corrected chi connectivity index (χ4v) is 7.07. The van der Waals surface area contributed by atoms with Crippen LogP contribution in [0.1, 0.15) is 23.5 Å². The zero-order valence-electron chi connectivity index (χ0n) is 15.2. The van der Waals surface area contributed by atoms with Gasteiger partial charge in [0, 0.05) is 0 Å². The number of benzene rings is 3. The summed E-state index contributed by atoms with van der Waals surface area (Å²) < 4.78 is 7.82. The van der Waals surface area contributed by atoms with Crippen LogP contribution >= 0.6 is 0 Å². The van der Waals surface area contributed by atoms with Gasteiger partial charge in [0.2, 0.25) is 0 Å². The molecule has 0 aliphatic carbocycles. The van der Waals surface area contributed by atoms with E-state index in [9.17, 15) is 0 Å². The number of rotatable bonds is 5. The fourth-order valence-electron chi connectivity index (χ4n) is 2.79. The molecule has 0 fully saturated rings. The zero-order chi connectivity index (χ0) is 17.9. The molecule has 3 rings (SSSR count). The monoisotopic (exact) mass is 722 g/mol. The molecule has 0 saturated heterocycles. The summed E-state index contributed by atoms with van der Waals surface area (Å²) in [6.45, 7) is 0. The SMILES string of the molecule is [BiH2][CH2]CC(c1ccccc1)c1ccccc1.[CH3][Bi]([CH3])[c]1ccccc1. The van der Waals surface area contributed by atoms with Gasteiger partial charge in [0.25, 0.3) is 0 Å². The average Bonchev–Trinajstić information content (AvgIpc) is 2.68. The summed E-state index contributed by atoms with van der Waals surface area (Å²) >= 11 is 0.0142. The first-order valence-corrected chi connectivity index (χ1v) is 20.6. The predicted molar refractivity (Wildman–Crippen MR) is 116 cm³/mol. The third-order valence-electron chi connectivity index (χ3n) is 4.13. The van der Waals surface area contributed by atoms with Crippen molar-refractivity contribution in [2.24, 2.45) is 0 Å². The van der Waals surface area contributed by atoms with Crippen molar-refractivity contribution in [1.29, 1.82) is 0 Å². The molecule has 0 radical (unpaired) electrons. The Hall–Kier alpha value is -0.574. The molecule has 0 N–H and O–H groups in total. The Bertz CT molecular complexity index is 654. The molecule has 0 amide bonds. The Kier molecular flexibility index (Phi) is 9.89. The molecule has 0 spiro atoms. The van der Waals surface area contributed by atoms with Gasteiger partial charge in [0.15, 0.2) is 0 Å². The van der Waals surface area contributed by atoms with Crippen LogP contribution in [0.4, 0.5) is 0 Å². The Morgan fingerprint density at radius 1 is 0.680 bits per heavy atom. The maximum absolute atomic E-state index is 2.41. The minimum absolute atomic E-state index is 0.590. The van der Waals surface area contributed by atoms with Crippen molar-refractivity contribution in [3.63, 3.8) is 0 Å². The zero-order valence-corrected chi connectivity index (χ0v) is 23.1. The van der Waals surface area contributed by atoms with E-state index in [1.54, 1.807) is 3.27 Å². The van der Waals surface area contributed by atoms with Gasteiger partial charge in [0.1, 0.15) is 0 Å². The Labute approximate surface area is 176 Å². The van der Waals surface area contributed by atoms with Gasteiger partial charge in [-0.1, -0.05) is 0 Å². The third kappa shape index (κ3) is 7.28. The molecule has 0 aliphatic heterocycles. The first-order chi connectivity index (χ1) is 12.2. The van der Waals surface area contributed by atoms with E-state index in [0.717, 1.165) is 24.7 Å². The summed E-state index contributed by atoms with van der Waals surface area (Å²) in [5, 5.41) is 0. The van der Waals surface area contributed by atoms with Crippen LogP contribution < -0.4 is 3.27 Å². The first-order valence-electron chi connectivity index (χ1n) is 8.74. The quantitative estimate of drug-likeness (QED) is 0.329. The van der Waals surface area contributed by atoms with Gasteiger partial charge < -0.3 is 0 Å². The first kappa shape index (κ1) is 20.7. The molecule has 2 heteroatoms. The van der Waals surface area contributed by atoms with E-state index in [1.807, 2.05) is 0 Å². The van der Waals surface area contributed by atoms with Crippen molar-refractivity contribution in [2.75, 3.05) is 0 Å². The van der Waals surface area contributed by atoms with Crippen molar-refractivity contribution in [3.8, 4) is 0 Å². The average molecular weight is 722 g/mol. The van der Waals surface area contributed by atoms with Crippen LogP contribution in [0, 0.1) is 0 Å². The summed E-state index contributed by atoms with van der Waals surface area (Å²) in [5.74, 6) is 0.590. The summed E-state index contributed by atoms with van der Waals surface area (Å²) in [6.07, 6.45) is 1.29. The van der Waals surface area contributed by atoms with E-state index < -0.39 is 21.8 Å². The van der Waals surface area contributed by atoms with Crippen LogP contribution in [-0.4, -0.2) is 46.5 Å². The summed E-state index contributed by atoms with van der Waals surface area (Å²) in [4.78, 5) is 0. The van der Waals surface area contributed by atoms with E-state index in [-0.39, 0.29) is 0 Å². The molecule has 0 aliphatic rings. The van der Waals surface area contributed by atoms with Crippen molar-refractivity contribution in [1.82, 2.24) is 0 Å². The number of hydrogen-bond acceptors (Lipinski definition) is 0. The molecule has 0 nitrogen and oxygen atoms in total. The molecular weight excluding hydrogens is 694 g/mol. The third-order valence-corrected chi connectivity index (χ3v) is 10.6. The molecule has 0 aromatic heterocycles. The Balaban J connectivity index is 0.000000212. The Morgan fingerprint density at radius 3 is 1.40 bits per heavy atom. The van der Waals surface area contributed by atoms with E-state index >= 15 is 0 Å². The van der Waals surface area contributed by atoms with Crippen LogP contribution in [-0.2, 0) is 0 Å². The molecule has 130 valence electrons. The molecular formula is C23H28Bi2. The molecule has 3 aromatic rings. The summed E-state index contributed by atoms with van der Waals surface area (Å²) in [6, 6.07) is 32.6. The van der Waals surface area contributed by atoms with Gasteiger partial charge in [-0.25, -0.2) is 0 Å². The van der Waals surface area contributed by atoms with E-state index in [4.69, 9.17) is 0 Å². The fraction of sp³-hybridized carbons (Fsp3) is 0.217. The van der Waals surface area contributed by atoms with E-state index in [2.05, 4.69) is 100 Å². The molecule has 0 unspecified atom stereocenters. The topological polar surface area (TPSA) is 0 Å². The van der Waals surface area contributed by atoms with Crippen molar-refractivity contribution >= 4 is 49.7 Å². The van der Waals surface area contributed by atoms with Crippen LogP contribution in [0.15, 0.2) is 91.0 Å². The molecule has 25 heavy (non-hydrogen) atoms. The van der Waals surface area contributed by atoms with Gasteiger partial charge >= 0.3 is 178 Å². The van der Waals surface area contributed by atoms with E-state index in [1.165, 1.54) is 21.7 Å². The van der Waals surface area contributed by atoms with Crippen LogP contribution in [0.25, 0.3) is 0 Å². The second-order valence-corrected chi connectivity index (χ2v) is 17.4. The standard InChI is InChI=1S/C15H15.C6H5.2CH3.2Bi.2H/c1-2-15(13-9-5-3-6-10-13)14-11-7-4-8-12-14;1-2-4-6-5-3-1;;;;;;/h3-12,15H,1-2H2;1-5H;2*1H3;;;;. The van der Waals surface area contributed by atoms with Crippen molar-refractivity contribution in [3.05, 3.63) is 102 Å². The van der Waals surface area contributed by atoms with Crippen LogP contribution in [0.5, 0.6) is 0 Å². The van der Waals surface area contributed by atoms with Gasteiger partial charge in [-0.2, -0.15) is 0 Å². The van der Waals surface area contributed by atoms with Gasteiger partial charge in [-0.3, -0.25) is 0 Å². The van der Waals surface area contributed by atoms with Crippen molar-refractivity contribution in [2.45, 2.75) is 25.7 Å². The van der Waals surface area contributed by atoms with E-state index in [0.29, 0.717) is 5.92 Å². The van der Waals surface area contributed by atoms with Gasteiger partial charge in [-0.15, -0.1) is 0 Å². The predicted octanol–water partition coefficient (Wildman–Crippen LogP) is 4.91. The second-order valence-electron chi connectivity index (χ2n) is 6.18. The number of hydrogen-bond donors (Lipinski definition) is 0. The molecule has 0 bridgehead atoms. The van der Waals surface area contributed by atoms with Gasteiger partial charge in [-0.05, 0) is 0 Å². The van der Waals surface area contributed by atoms with Crippen LogP contribution in [0.3, 0.4) is 0 Å². The maximum atomic E-state index is 2.41. The van der Waals surface area contributed by atoms with Crippen LogP contribution in [0.2, 0.25) is 13.4 Å². The Morgan fingerprint density at radius 2 is 1.08 bits per heavy atom. The minimum atomic E-state index is -1.08. The normalized spacial score (nSPS) is 10.4.